The standard InChI is InChI=1S/C33H41N5O4S/c1-19(2)12-25-18-42-30-22(5)29(28-20(3)8-6-9-21(28)4)35-32(36-30)37-43(40,41)27-11-7-10-23(13-27)31(39)38(25)26-16-33(17-26)14-24(34)15-33/h6-11,13,19,24-26H,12,14-18,34H2,1-5H3,(H,35,36,37)/t24?,25-,26?,33?/m1/s1. The number of benzene rings is 2. The van der Waals surface area contributed by atoms with Gasteiger partial charge in [0.05, 0.1) is 16.6 Å². The highest BCUT2D eigenvalue weighted by atomic mass is 32.2. The lowest BCUT2D eigenvalue weighted by Crippen LogP contribution is -2.63. The van der Waals surface area contributed by atoms with Crippen LogP contribution in [0.3, 0.4) is 0 Å². The number of hydrogen-bond donors (Lipinski definition) is 2. The Morgan fingerprint density at radius 1 is 1.05 bits per heavy atom. The van der Waals surface area contributed by atoms with Crippen LogP contribution in [0.1, 0.15) is 73.0 Å². The Bertz CT molecular complexity index is 1650. The Morgan fingerprint density at radius 2 is 1.72 bits per heavy atom. The molecule has 2 saturated carbocycles. The molecule has 1 amide bonds. The molecule has 1 spiro atoms. The molecule has 2 fully saturated rings. The first-order valence-corrected chi connectivity index (χ1v) is 16.6. The number of fused-ring (bicyclic) bond motifs is 4. The van der Waals surface area contributed by atoms with Gasteiger partial charge < -0.3 is 15.4 Å². The molecular formula is C33H41N5O4S. The Labute approximate surface area is 254 Å². The molecule has 1 atom stereocenters. The second-order valence-electron chi connectivity index (χ2n) is 13.3. The summed E-state index contributed by atoms with van der Waals surface area (Å²) in [6.07, 6.45) is 4.49. The summed E-state index contributed by atoms with van der Waals surface area (Å²) in [5, 5.41) is 0. The van der Waals surface area contributed by atoms with Crippen molar-refractivity contribution >= 4 is 21.9 Å². The van der Waals surface area contributed by atoms with E-state index in [0.717, 1.165) is 48.8 Å². The molecule has 0 radical (unpaired) electrons. The van der Waals surface area contributed by atoms with E-state index in [2.05, 4.69) is 23.6 Å². The number of nitrogens with two attached hydrogens (primary N) is 1. The lowest BCUT2D eigenvalue weighted by Gasteiger charge is -2.60. The highest BCUT2D eigenvalue weighted by molar-refractivity contribution is 7.92. The van der Waals surface area contributed by atoms with Crippen LogP contribution in [-0.4, -0.2) is 53.9 Å². The van der Waals surface area contributed by atoms with Gasteiger partial charge in [-0.3, -0.25) is 4.79 Å². The Morgan fingerprint density at radius 3 is 2.37 bits per heavy atom. The molecule has 2 aliphatic carbocycles. The van der Waals surface area contributed by atoms with Crippen LogP contribution in [0.2, 0.25) is 0 Å². The molecule has 10 heteroatoms. The fourth-order valence-electron chi connectivity index (χ4n) is 7.37. The van der Waals surface area contributed by atoms with Gasteiger partial charge in [-0.15, -0.1) is 0 Å². The van der Waals surface area contributed by atoms with E-state index < -0.39 is 10.0 Å². The minimum atomic E-state index is -4.11. The zero-order valence-electron chi connectivity index (χ0n) is 25.6. The molecule has 9 nitrogen and oxygen atoms in total. The average Bonchev–Trinajstić information content (AvgIpc) is 2.90. The van der Waals surface area contributed by atoms with Gasteiger partial charge >= 0.3 is 0 Å². The smallest absolute Gasteiger partial charge is 0.264 e. The first kappa shape index (κ1) is 29.6. The molecule has 0 saturated heterocycles. The molecule has 6 rings (SSSR count). The normalized spacial score (nSPS) is 26.3. The minimum Gasteiger partial charge on any atom is -0.475 e. The van der Waals surface area contributed by atoms with Gasteiger partial charge in [0.2, 0.25) is 11.8 Å². The maximum atomic E-state index is 14.3. The number of aryl methyl sites for hydroxylation is 2. The highest BCUT2D eigenvalue weighted by Gasteiger charge is 2.55. The van der Waals surface area contributed by atoms with Gasteiger partial charge in [0.1, 0.15) is 6.61 Å². The highest BCUT2D eigenvalue weighted by Crippen LogP contribution is 2.57. The van der Waals surface area contributed by atoms with E-state index in [0.29, 0.717) is 28.6 Å². The summed E-state index contributed by atoms with van der Waals surface area (Å²) >= 11 is 0. The van der Waals surface area contributed by atoms with E-state index >= 15 is 0 Å². The third kappa shape index (κ3) is 5.51. The minimum absolute atomic E-state index is 0.0201. The second-order valence-corrected chi connectivity index (χ2v) is 14.9. The number of anilines is 1. The van der Waals surface area contributed by atoms with E-state index in [9.17, 15) is 13.2 Å². The van der Waals surface area contributed by atoms with Gasteiger partial charge in [-0.25, -0.2) is 18.1 Å². The number of carbonyl (C=O) groups is 1. The van der Waals surface area contributed by atoms with Crippen molar-refractivity contribution in [1.82, 2.24) is 14.9 Å². The summed E-state index contributed by atoms with van der Waals surface area (Å²) in [5.41, 5.74) is 10.9. The summed E-state index contributed by atoms with van der Waals surface area (Å²) < 4.78 is 36.3. The van der Waals surface area contributed by atoms with Crippen molar-refractivity contribution in [3.05, 3.63) is 64.7 Å². The largest absolute Gasteiger partial charge is 0.475 e. The van der Waals surface area contributed by atoms with Crippen LogP contribution < -0.4 is 15.2 Å². The van der Waals surface area contributed by atoms with Crippen LogP contribution in [0.25, 0.3) is 11.3 Å². The summed E-state index contributed by atoms with van der Waals surface area (Å²) in [5.74, 6) is 0.340. The molecule has 43 heavy (non-hydrogen) atoms. The average molecular weight is 604 g/mol. The molecular weight excluding hydrogens is 562 g/mol. The molecule has 1 aromatic heterocycles. The van der Waals surface area contributed by atoms with E-state index in [1.165, 1.54) is 12.1 Å². The lowest BCUT2D eigenvalue weighted by molar-refractivity contribution is -0.0719. The van der Waals surface area contributed by atoms with Gasteiger partial charge in [-0.05, 0) is 93.5 Å². The van der Waals surface area contributed by atoms with Crippen LogP contribution in [0.15, 0.2) is 47.4 Å². The Balaban J connectivity index is 1.48. The fraction of sp³-hybridized carbons (Fsp3) is 0.485. The topological polar surface area (TPSA) is 128 Å². The zero-order valence-corrected chi connectivity index (χ0v) is 26.4. The Hall–Kier alpha value is -3.50. The number of amides is 1. The van der Waals surface area contributed by atoms with Crippen LogP contribution in [0, 0.1) is 32.1 Å². The lowest BCUT2D eigenvalue weighted by atomic mass is 9.52. The molecule has 2 aromatic carbocycles. The van der Waals surface area contributed by atoms with Gasteiger partial charge in [-0.1, -0.05) is 38.1 Å². The van der Waals surface area contributed by atoms with Crippen molar-refractivity contribution in [3.63, 3.8) is 0 Å². The maximum absolute atomic E-state index is 14.3. The zero-order chi connectivity index (χ0) is 30.7. The van der Waals surface area contributed by atoms with Crippen LogP contribution in [-0.2, 0) is 10.0 Å². The van der Waals surface area contributed by atoms with Crippen molar-refractivity contribution in [2.75, 3.05) is 11.3 Å². The monoisotopic (exact) mass is 603 g/mol. The number of nitrogens with zero attached hydrogens (tertiary/aromatic N) is 3. The van der Waals surface area contributed by atoms with Crippen molar-refractivity contribution in [2.45, 2.75) is 89.7 Å². The quantitative estimate of drug-likeness (QED) is 0.409. The SMILES string of the molecule is Cc1cccc(C)c1-c1nc2nc(c1C)OC[C@@H](CC(C)C)N(C1CC3(CC(N)C3)C1)C(=O)c1cccc(c1)S(=O)(=O)N2. The molecule has 2 heterocycles. The van der Waals surface area contributed by atoms with Gasteiger partial charge in [0.15, 0.2) is 0 Å². The van der Waals surface area contributed by atoms with Gasteiger partial charge in [0.25, 0.3) is 15.9 Å². The number of hydrogen-bond acceptors (Lipinski definition) is 7. The summed E-state index contributed by atoms with van der Waals surface area (Å²) in [7, 11) is -4.11. The molecule has 228 valence electrons. The van der Waals surface area contributed by atoms with E-state index in [-0.39, 0.29) is 46.9 Å². The number of rotatable bonds is 4. The summed E-state index contributed by atoms with van der Waals surface area (Å²) in [6.45, 7) is 10.4. The number of carbonyl (C=O) groups excluding carboxylic acids is 1. The number of sulfonamides is 1. The molecule has 3 N–H and O–H groups in total. The predicted octanol–water partition coefficient (Wildman–Crippen LogP) is 5.39. The first-order valence-electron chi connectivity index (χ1n) is 15.1. The maximum Gasteiger partial charge on any atom is 0.264 e. The molecule has 3 aliphatic rings. The van der Waals surface area contributed by atoms with E-state index in [4.69, 9.17) is 15.5 Å². The van der Waals surface area contributed by atoms with E-state index in [1.54, 1.807) is 12.1 Å². The van der Waals surface area contributed by atoms with Crippen molar-refractivity contribution < 1.29 is 17.9 Å². The van der Waals surface area contributed by atoms with Crippen molar-refractivity contribution in [2.24, 2.45) is 17.1 Å². The molecule has 1 aliphatic heterocycles. The van der Waals surface area contributed by atoms with Gasteiger partial charge in [-0.2, -0.15) is 4.98 Å². The first-order chi connectivity index (χ1) is 20.4. The Kier molecular flexibility index (Phi) is 7.49. The third-order valence-electron chi connectivity index (χ3n) is 9.34. The third-order valence-corrected chi connectivity index (χ3v) is 10.7. The molecule has 4 bridgehead atoms. The number of aromatic nitrogens is 2. The second kappa shape index (κ2) is 10.9. The number of ether oxygens (including phenoxy) is 1. The van der Waals surface area contributed by atoms with Crippen molar-refractivity contribution in [1.29, 1.82) is 0 Å². The fourth-order valence-corrected chi connectivity index (χ4v) is 8.36. The van der Waals surface area contributed by atoms with Gasteiger partial charge in [0, 0.05) is 28.8 Å². The van der Waals surface area contributed by atoms with Crippen LogP contribution in [0.4, 0.5) is 5.95 Å². The molecule has 3 aromatic rings. The van der Waals surface area contributed by atoms with Crippen LogP contribution in [0.5, 0.6) is 5.88 Å². The molecule has 0 unspecified atom stereocenters. The number of nitrogens with one attached hydrogen (secondary N) is 1. The predicted molar refractivity (Wildman–Crippen MR) is 167 cm³/mol. The van der Waals surface area contributed by atoms with E-state index in [1.807, 2.05) is 43.9 Å². The van der Waals surface area contributed by atoms with Crippen molar-refractivity contribution in [3.8, 4) is 17.1 Å². The van der Waals surface area contributed by atoms with Crippen LogP contribution >= 0.6 is 0 Å². The summed E-state index contributed by atoms with van der Waals surface area (Å²) in [4.78, 5) is 25.5. The summed E-state index contributed by atoms with van der Waals surface area (Å²) in [6, 6.07) is 12.3.